The molecule has 0 heterocycles. The molecule has 6 heteroatoms. The molecule has 2 unspecified atom stereocenters. The fourth-order valence-corrected chi connectivity index (χ4v) is 1.06. The van der Waals surface area contributed by atoms with Crippen LogP contribution in [0.3, 0.4) is 0 Å². The first-order chi connectivity index (χ1) is 6.70. The van der Waals surface area contributed by atoms with Gasteiger partial charge in [-0.25, -0.2) is 9.68 Å². The van der Waals surface area contributed by atoms with E-state index in [4.69, 9.17) is 0 Å². The van der Waals surface area contributed by atoms with Crippen LogP contribution in [0.25, 0.3) is 0 Å². The lowest BCUT2D eigenvalue weighted by molar-refractivity contribution is -1.02. The molecule has 1 aromatic carbocycles. The first kappa shape index (κ1) is 11.1. The van der Waals surface area contributed by atoms with Crippen molar-refractivity contribution in [2.75, 3.05) is 14.2 Å². The molecule has 0 saturated carbocycles. The van der Waals surface area contributed by atoms with Crippen molar-refractivity contribution in [3.05, 3.63) is 34.7 Å². The standard InChI is InChI=1S/C8H12N2O4/c1-13-9(11)7-5-3-4-6-8(7)10(12)14-2/h3-6,9-10H,1-2H3. The van der Waals surface area contributed by atoms with Gasteiger partial charge in [0.25, 0.3) is 0 Å². The summed E-state index contributed by atoms with van der Waals surface area (Å²) in [6.07, 6.45) is 0. The molecule has 0 saturated heterocycles. The Balaban J connectivity index is 3.02. The summed E-state index contributed by atoms with van der Waals surface area (Å²) in [7, 11) is 2.52. The van der Waals surface area contributed by atoms with Crippen molar-refractivity contribution in [3.8, 4) is 0 Å². The Morgan fingerprint density at radius 3 is 1.57 bits per heavy atom. The summed E-state index contributed by atoms with van der Waals surface area (Å²) in [6, 6.07) is 6.33. The van der Waals surface area contributed by atoms with E-state index in [0.717, 1.165) is 0 Å². The number of rotatable bonds is 4. The van der Waals surface area contributed by atoms with Crippen molar-refractivity contribution in [1.29, 1.82) is 0 Å². The van der Waals surface area contributed by atoms with Crippen molar-refractivity contribution in [1.82, 2.24) is 0 Å². The smallest absolute Gasteiger partial charge is 0.228 e. The van der Waals surface area contributed by atoms with Gasteiger partial charge in [0.15, 0.2) is 0 Å². The van der Waals surface area contributed by atoms with E-state index in [2.05, 4.69) is 9.68 Å². The van der Waals surface area contributed by atoms with Crippen molar-refractivity contribution in [2.45, 2.75) is 0 Å². The minimum Gasteiger partial charge on any atom is -0.594 e. The Labute approximate surface area is 81.3 Å². The lowest BCUT2D eigenvalue weighted by atomic mass is 10.3. The fraction of sp³-hybridized carbons (Fsp3) is 0.250. The molecule has 2 atom stereocenters. The van der Waals surface area contributed by atoms with Crippen LogP contribution in [-0.2, 0) is 9.68 Å². The van der Waals surface area contributed by atoms with Crippen LogP contribution in [0.4, 0.5) is 11.4 Å². The van der Waals surface area contributed by atoms with E-state index in [1.165, 1.54) is 26.4 Å². The highest BCUT2D eigenvalue weighted by Crippen LogP contribution is 2.11. The van der Waals surface area contributed by atoms with Gasteiger partial charge < -0.3 is 10.4 Å². The van der Waals surface area contributed by atoms with Crippen LogP contribution < -0.4 is 10.5 Å². The number of benzene rings is 1. The third kappa shape index (κ3) is 2.26. The monoisotopic (exact) mass is 200 g/mol. The summed E-state index contributed by atoms with van der Waals surface area (Å²) in [5.41, 5.74) is 0.420. The predicted octanol–water partition coefficient (Wildman–Crippen LogP) is -1.16. The van der Waals surface area contributed by atoms with E-state index >= 15 is 0 Å². The average Bonchev–Trinajstić information content (AvgIpc) is 2.27. The molecule has 14 heavy (non-hydrogen) atoms. The van der Waals surface area contributed by atoms with Crippen LogP contribution in [0.15, 0.2) is 24.3 Å². The van der Waals surface area contributed by atoms with Crippen LogP contribution in [-0.4, -0.2) is 14.2 Å². The molecule has 0 amide bonds. The Morgan fingerprint density at radius 1 is 0.929 bits per heavy atom. The summed E-state index contributed by atoms with van der Waals surface area (Å²) in [5.74, 6) is 0. The largest absolute Gasteiger partial charge is 0.594 e. The molecule has 2 N–H and O–H groups in total. The van der Waals surface area contributed by atoms with Gasteiger partial charge in [0.05, 0.1) is 14.2 Å². The zero-order chi connectivity index (χ0) is 10.6. The summed E-state index contributed by atoms with van der Waals surface area (Å²) < 4.78 is 0. The second kappa shape index (κ2) is 5.01. The topological polar surface area (TPSA) is 73.5 Å². The molecule has 78 valence electrons. The quantitative estimate of drug-likeness (QED) is 0.601. The average molecular weight is 200 g/mol. The lowest BCUT2D eigenvalue weighted by Crippen LogP contribution is -3.06. The predicted molar refractivity (Wildman–Crippen MR) is 48.4 cm³/mol. The van der Waals surface area contributed by atoms with Crippen LogP contribution in [0, 0.1) is 10.4 Å². The van der Waals surface area contributed by atoms with Crippen molar-refractivity contribution >= 4 is 11.4 Å². The molecule has 1 aromatic rings. The third-order valence-corrected chi connectivity index (χ3v) is 1.74. The maximum Gasteiger partial charge on any atom is 0.228 e. The second-order valence-corrected chi connectivity index (χ2v) is 2.53. The summed E-state index contributed by atoms with van der Waals surface area (Å²) >= 11 is 0. The van der Waals surface area contributed by atoms with E-state index in [1.807, 2.05) is 0 Å². The minimum absolute atomic E-state index is 0.210. The number of hydrogen-bond donors (Lipinski definition) is 2. The zero-order valence-electron chi connectivity index (χ0n) is 7.94. The molecule has 0 aliphatic carbocycles. The highest BCUT2D eigenvalue weighted by Gasteiger charge is 2.15. The van der Waals surface area contributed by atoms with Crippen LogP contribution in [0.1, 0.15) is 0 Å². The van der Waals surface area contributed by atoms with Gasteiger partial charge in [-0.15, -0.1) is 0 Å². The third-order valence-electron chi connectivity index (χ3n) is 1.74. The van der Waals surface area contributed by atoms with Gasteiger partial charge in [-0.3, -0.25) is 0 Å². The molecule has 0 bridgehead atoms. The van der Waals surface area contributed by atoms with Crippen molar-refractivity contribution < 1.29 is 20.1 Å². The first-order valence-electron chi connectivity index (χ1n) is 3.96. The molecule has 0 fully saturated rings. The molecule has 0 radical (unpaired) electrons. The van der Waals surface area contributed by atoms with Gasteiger partial charge >= 0.3 is 0 Å². The molecular formula is C8H12N2O4. The van der Waals surface area contributed by atoms with Crippen molar-refractivity contribution in [2.24, 2.45) is 0 Å². The first-order valence-corrected chi connectivity index (χ1v) is 3.96. The summed E-state index contributed by atoms with van der Waals surface area (Å²) in [5, 5.41) is 21.3. The highest BCUT2D eigenvalue weighted by molar-refractivity contribution is 5.50. The van der Waals surface area contributed by atoms with Crippen LogP contribution >= 0.6 is 0 Å². The lowest BCUT2D eigenvalue weighted by Gasteiger charge is -2.22. The number of hydrogen-bond acceptors (Lipinski definition) is 4. The maximum absolute atomic E-state index is 11.2. The Morgan fingerprint density at radius 2 is 1.29 bits per heavy atom. The van der Waals surface area contributed by atoms with E-state index in [0.29, 0.717) is 0 Å². The minimum atomic E-state index is -0.550. The zero-order valence-corrected chi connectivity index (χ0v) is 7.94. The molecule has 6 nitrogen and oxygen atoms in total. The maximum atomic E-state index is 11.2. The molecule has 1 rings (SSSR count). The SMILES string of the molecule is CO[NH+]([O-])c1ccccc1[NH+]([O-])OC. The second-order valence-electron chi connectivity index (χ2n) is 2.53. The van der Waals surface area contributed by atoms with Crippen molar-refractivity contribution in [3.63, 3.8) is 0 Å². The van der Waals surface area contributed by atoms with Crippen LogP contribution in [0.5, 0.6) is 0 Å². The number of nitrogens with one attached hydrogen (secondary N) is 2. The molecule has 0 aliphatic heterocycles. The normalized spacial score (nSPS) is 15.1. The highest BCUT2D eigenvalue weighted by atomic mass is 16.9. The van der Waals surface area contributed by atoms with Gasteiger partial charge in [0.2, 0.25) is 11.4 Å². The molecule has 0 spiro atoms. The Hall–Kier alpha value is -1.02. The summed E-state index contributed by atoms with van der Waals surface area (Å²) in [4.78, 5) is 9.05. The molecule has 0 aliphatic rings. The molecule has 0 aromatic heterocycles. The van der Waals surface area contributed by atoms with E-state index in [9.17, 15) is 10.4 Å². The van der Waals surface area contributed by atoms with Crippen LogP contribution in [0.2, 0.25) is 0 Å². The molecular weight excluding hydrogens is 188 g/mol. The van der Waals surface area contributed by atoms with E-state index in [1.54, 1.807) is 12.1 Å². The summed E-state index contributed by atoms with van der Waals surface area (Å²) in [6.45, 7) is 0. The van der Waals surface area contributed by atoms with Gasteiger partial charge in [-0.1, -0.05) is 12.1 Å². The van der Waals surface area contributed by atoms with Gasteiger partial charge in [-0.05, 0) is 0 Å². The van der Waals surface area contributed by atoms with Gasteiger partial charge in [0.1, 0.15) is 0 Å². The Kier molecular flexibility index (Phi) is 3.96. The number of quaternary nitrogens is 2. The van der Waals surface area contributed by atoms with E-state index < -0.39 is 10.5 Å². The van der Waals surface area contributed by atoms with Gasteiger partial charge in [0, 0.05) is 12.1 Å². The Bertz CT molecular complexity index is 265. The van der Waals surface area contributed by atoms with E-state index in [-0.39, 0.29) is 11.4 Å². The fourth-order valence-electron chi connectivity index (χ4n) is 1.06. The van der Waals surface area contributed by atoms with Gasteiger partial charge in [-0.2, -0.15) is 10.5 Å².